The van der Waals surface area contributed by atoms with Gasteiger partial charge in [-0.15, -0.1) is 0 Å². The fourth-order valence-electron chi connectivity index (χ4n) is 6.87. The maximum absolute atomic E-state index is 11.2. The van der Waals surface area contributed by atoms with Gasteiger partial charge >= 0.3 is 11.9 Å². The normalized spacial score (nSPS) is 70.8. The molecule has 0 spiro atoms. The van der Waals surface area contributed by atoms with Crippen LogP contribution in [0, 0.1) is 46.3 Å². The number of carboxylic acids is 2. The molecule has 0 aromatic carbocycles. The molecule has 0 unspecified atom stereocenters. The number of carboxylic acid groups (broad SMARTS) is 2. The Morgan fingerprint density at radius 2 is 1.44 bits per heavy atom. The van der Waals surface area contributed by atoms with Crippen molar-refractivity contribution in [2.45, 2.75) is 6.04 Å². The van der Waals surface area contributed by atoms with Gasteiger partial charge in [0.2, 0.25) is 0 Å². The summed E-state index contributed by atoms with van der Waals surface area (Å²) < 4.78 is 0. The first-order valence-electron chi connectivity index (χ1n) is 5.75. The van der Waals surface area contributed by atoms with Crippen LogP contribution in [0.1, 0.15) is 0 Å². The van der Waals surface area contributed by atoms with Crippen molar-refractivity contribution in [1.82, 2.24) is 0 Å². The molecular formula is C11H11NO4. The summed E-state index contributed by atoms with van der Waals surface area (Å²) in [5.41, 5.74) is 5.19. The van der Waals surface area contributed by atoms with Gasteiger partial charge in [0.15, 0.2) is 0 Å². The highest BCUT2D eigenvalue weighted by molar-refractivity contribution is 5.89. The van der Waals surface area contributed by atoms with Gasteiger partial charge in [0.25, 0.3) is 0 Å². The van der Waals surface area contributed by atoms with Crippen LogP contribution < -0.4 is 5.73 Å². The van der Waals surface area contributed by atoms with Crippen LogP contribution in [0.3, 0.4) is 0 Å². The molecule has 0 aromatic heterocycles. The van der Waals surface area contributed by atoms with E-state index in [1.165, 1.54) is 0 Å². The Bertz CT molecular complexity index is 445. The summed E-state index contributed by atoms with van der Waals surface area (Å²) in [5, 5.41) is 18.3. The second kappa shape index (κ2) is 1.61. The van der Waals surface area contributed by atoms with E-state index in [0.717, 1.165) is 0 Å². The second-order valence-electron chi connectivity index (χ2n) is 6.21. The Balaban J connectivity index is 1.56. The lowest BCUT2D eigenvalue weighted by atomic mass is 8.91. The van der Waals surface area contributed by atoms with E-state index in [-0.39, 0.29) is 23.2 Å². The van der Waals surface area contributed by atoms with Crippen molar-refractivity contribution in [3.63, 3.8) is 0 Å². The molecule has 6 aliphatic carbocycles. The summed E-state index contributed by atoms with van der Waals surface area (Å²) >= 11 is 0. The summed E-state index contributed by atoms with van der Waals surface area (Å²) in [7, 11) is 0. The van der Waals surface area contributed by atoms with E-state index >= 15 is 0 Å². The zero-order chi connectivity index (χ0) is 11.2. The molecule has 0 saturated heterocycles. The van der Waals surface area contributed by atoms with Gasteiger partial charge in [0.1, 0.15) is 6.04 Å². The molecule has 0 aromatic rings. The number of nitrogens with two attached hydrogens (primary N) is 1. The predicted octanol–water partition coefficient (Wildman–Crippen LogP) is -0.779. The molecule has 5 heteroatoms. The average molecular weight is 221 g/mol. The summed E-state index contributed by atoms with van der Waals surface area (Å²) in [6.07, 6.45) is 0. The van der Waals surface area contributed by atoms with Gasteiger partial charge in [-0.05, 0) is 35.5 Å². The second-order valence-corrected chi connectivity index (χ2v) is 6.21. The van der Waals surface area contributed by atoms with Crippen LogP contribution in [0.2, 0.25) is 0 Å². The third-order valence-corrected chi connectivity index (χ3v) is 6.88. The minimum atomic E-state index is -0.917. The lowest BCUT2D eigenvalue weighted by Crippen LogP contribution is -3.12. The van der Waals surface area contributed by atoms with Crippen molar-refractivity contribution >= 4 is 11.9 Å². The quantitative estimate of drug-likeness (QED) is 0.580. The van der Waals surface area contributed by atoms with Crippen molar-refractivity contribution < 1.29 is 19.8 Å². The predicted molar refractivity (Wildman–Crippen MR) is 49.1 cm³/mol. The van der Waals surface area contributed by atoms with Crippen molar-refractivity contribution in [3.05, 3.63) is 0 Å². The highest BCUT2D eigenvalue weighted by Gasteiger charge is 3.12. The van der Waals surface area contributed by atoms with Gasteiger partial charge in [0.05, 0.1) is 5.41 Å². The monoisotopic (exact) mass is 221 g/mol. The Kier molecular flexibility index (Phi) is 0.811. The van der Waals surface area contributed by atoms with Gasteiger partial charge in [-0.2, -0.15) is 0 Å². The Morgan fingerprint density at radius 1 is 1.00 bits per heavy atom. The van der Waals surface area contributed by atoms with Crippen molar-refractivity contribution in [2.24, 2.45) is 52.1 Å². The smallest absolute Gasteiger partial charge is 0.321 e. The van der Waals surface area contributed by atoms with E-state index < -0.39 is 23.4 Å². The van der Waals surface area contributed by atoms with Crippen LogP contribution in [-0.4, -0.2) is 28.2 Å². The molecule has 0 aliphatic heterocycles. The van der Waals surface area contributed by atoms with Gasteiger partial charge in [-0.25, -0.2) is 0 Å². The first-order valence-corrected chi connectivity index (χ1v) is 5.75. The Labute approximate surface area is 90.6 Å². The van der Waals surface area contributed by atoms with Crippen LogP contribution in [0.5, 0.6) is 0 Å². The van der Waals surface area contributed by atoms with Crippen molar-refractivity contribution in [2.75, 3.05) is 0 Å². The van der Waals surface area contributed by atoms with E-state index in [1.807, 2.05) is 0 Å². The fraction of sp³-hybridized carbons (Fsp3) is 0.818. The number of aliphatic carboxylic acids is 2. The number of carbonyl (C=O) groups is 2. The molecule has 0 radical (unpaired) electrons. The summed E-state index contributed by atoms with van der Waals surface area (Å²) in [6, 6.07) is -0.761. The van der Waals surface area contributed by atoms with E-state index in [9.17, 15) is 14.7 Å². The molecule has 84 valence electrons. The Morgan fingerprint density at radius 3 is 1.75 bits per heavy atom. The maximum Gasteiger partial charge on any atom is 0.321 e. The zero-order valence-electron chi connectivity index (χ0n) is 8.33. The first kappa shape index (κ1) is 8.06. The molecule has 0 amide bonds. The SMILES string of the molecule is N[C@@H](C(=O)O)C12C3C4C1C1C2C3C41C(=O)O. The molecule has 4 N–H and O–H groups in total. The third-order valence-electron chi connectivity index (χ3n) is 6.88. The van der Waals surface area contributed by atoms with E-state index in [4.69, 9.17) is 10.8 Å². The summed E-state index contributed by atoms with van der Waals surface area (Å²) in [6.45, 7) is 0. The third kappa shape index (κ3) is 0.326. The van der Waals surface area contributed by atoms with Crippen LogP contribution >= 0.6 is 0 Å². The van der Waals surface area contributed by atoms with E-state index in [1.54, 1.807) is 0 Å². The molecular weight excluding hydrogens is 210 g/mol. The highest BCUT2D eigenvalue weighted by atomic mass is 16.4. The van der Waals surface area contributed by atoms with E-state index in [0.29, 0.717) is 17.8 Å². The molecule has 6 saturated carbocycles. The molecule has 16 heavy (non-hydrogen) atoms. The zero-order valence-corrected chi connectivity index (χ0v) is 8.33. The number of rotatable bonds is 3. The summed E-state index contributed by atoms with van der Waals surface area (Å²) in [4.78, 5) is 22.2. The largest absolute Gasteiger partial charge is 0.481 e. The van der Waals surface area contributed by atoms with Gasteiger partial charge in [-0.1, -0.05) is 0 Å². The lowest BCUT2D eigenvalue weighted by molar-refractivity contribution is -0.644. The van der Waals surface area contributed by atoms with Crippen molar-refractivity contribution in [1.29, 1.82) is 0 Å². The highest BCUT2D eigenvalue weighted by Crippen LogP contribution is 3.10. The topological polar surface area (TPSA) is 101 Å². The molecule has 6 fully saturated rings. The number of hydrogen-bond donors (Lipinski definition) is 3. The average Bonchev–Trinajstić information content (AvgIpc) is 2.27. The minimum Gasteiger partial charge on any atom is -0.481 e. The van der Waals surface area contributed by atoms with Crippen LogP contribution in [-0.2, 0) is 9.59 Å². The minimum absolute atomic E-state index is 0.178. The van der Waals surface area contributed by atoms with Gasteiger partial charge in [-0.3, -0.25) is 9.59 Å². The lowest BCUT2D eigenvalue weighted by Gasteiger charge is -3.10. The molecule has 0 heterocycles. The maximum atomic E-state index is 11.2. The van der Waals surface area contributed by atoms with E-state index in [2.05, 4.69) is 0 Å². The summed E-state index contributed by atoms with van der Waals surface area (Å²) in [5.74, 6) is 0.244. The fourth-order valence-corrected chi connectivity index (χ4v) is 6.87. The molecule has 6 aliphatic rings. The van der Waals surface area contributed by atoms with Crippen LogP contribution in [0.4, 0.5) is 0 Å². The first-order chi connectivity index (χ1) is 7.53. The Hall–Kier alpha value is -1.10. The van der Waals surface area contributed by atoms with Gasteiger partial charge in [0, 0.05) is 5.41 Å². The van der Waals surface area contributed by atoms with Crippen LogP contribution in [0.25, 0.3) is 0 Å². The number of hydrogen-bond acceptors (Lipinski definition) is 3. The molecule has 5 nitrogen and oxygen atoms in total. The molecule has 0 bridgehead atoms. The standard InChI is InChI=1S/C11H11NO4/c12-7(8(13)14)10-1-4-2(10)6-3(10)5(1)11(4,6)9(15)16/h1-7H,12H2,(H,13,14)(H,15,16)/t1?,2?,3?,4?,5?,6?,7-,10?,11?/m0/s1. The van der Waals surface area contributed by atoms with Gasteiger partial charge < -0.3 is 15.9 Å². The molecule has 1 atom stereocenters. The van der Waals surface area contributed by atoms with Crippen molar-refractivity contribution in [3.8, 4) is 0 Å². The van der Waals surface area contributed by atoms with Crippen LogP contribution in [0.15, 0.2) is 0 Å². The molecule has 6 rings (SSSR count).